The number of aromatic amines is 1. The van der Waals surface area contributed by atoms with Crippen molar-refractivity contribution in [3.63, 3.8) is 0 Å². The van der Waals surface area contributed by atoms with Crippen LogP contribution in [0.4, 0.5) is 0 Å². The number of oxime groups is 1. The fourth-order valence-corrected chi connectivity index (χ4v) is 5.71. The van der Waals surface area contributed by atoms with E-state index in [2.05, 4.69) is 64.8 Å². The SMILES string of the molecule is CC(C)(C)[Si](C)(C)OCC1OC(n2ccc(=O)[nH]c2=O)C(O[Si](C)(C)C(C)(C)C)C1(O)CC=NO. The first-order valence-corrected chi connectivity index (χ1v) is 17.8. The fraction of sp³-hybridized carbons (Fsp3) is 0.783. The molecule has 200 valence electrons. The van der Waals surface area contributed by atoms with Crippen molar-refractivity contribution in [1.29, 1.82) is 0 Å². The van der Waals surface area contributed by atoms with Crippen molar-refractivity contribution in [2.75, 3.05) is 6.61 Å². The van der Waals surface area contributed by atoms with Crippen molar-refractivity contribution < 1.29 is 23.9 Å². The number of ether oxygens (including phenoxy) is 1. The Bertz CT molecular complexity index is 1020. The average Bonchev–Trinajstić information content (AvgIpc) is 2.95. The number of hydrogen-bond donors (Lipinski definition) is 3. The van der Waals surface area contributed by atoms with Crippen LogP contribution in [0.2, 0.25) is 36.3 Å². The quantitative estimate of drug-likeness (QED) is 0.203. The van der Waals surface area contributed by atoms with Gasteiger partial charge in [0.2, 0.25) is 0 Å². The van der Waals surface area contributed by atoms with E-state index in [1.54, 1.807) is 0 Å². The predicted octanol–water partition coefficient (Wildman–Crippen LogP) is 3.43. The molecule has 1 aliphatic heterocycles. The van der Waals surface area contributed by atoms with Crippen molar-refractivity contribution in [2.45, 2.75) is 108 Å². The van der Waals surface area contributed by atoms with Gasteiger partial charge in [-0.1, -0.05) is 41.5 Å². The maximum absolute atomic E-state index is 12.7. The summed E-state index contributed by atoms with van der Waals surface area (Å²) >= 11 is 0. The Morgan fingerprint density at radius 3 is 2.20 bits per heavy atom. The number of rotatable bonds is 8. The van der Waals surface area contributed by atoms with Gasteiger partial charge in [0, 0.05) is 24.9 Å². The first-order valence-electron chi connectivity index (χ1n) is 11.9. The molecule has 1 aromatic rings. The van der Waals surface area contributed by atoms with Gasteiger partial charge in [0.15, 0.2) is 22.9 Å². The van der Waals surface area contributed by atoms with Crippen LogP contribution in [0.5, 0.6) is 0 Å². The molecule has 0 aliphatic carbocycles. The fourth-order valence-electron chi connectivity index (χ4n) is 3.40. The molecule has 3 N–H and O–H groups in total. The highest BCUT2D eigenvalue weighted by Gasteiger charge is 2.59. The van der Waals surface area contributed by atoms with Gasteiger partial charge >= 0.3 is 5.69 Å². The lowest BCUT2D eigenvalue weighted by molar-refractivity contribution is -0.0835. The Kier molecular flexibility index (Phi) is 8.52. The third-order valence-electron chi connectivity index (χ3n) is 7.87. The summed E-state index contributed by atoms with van der Waals surface area (Å²) in [7, 11) is -4.69. The summed E-state index contributed by atoms with van der Waals surface area (Å²) in [5.41, 5.74) is -2.87. The van der Waals surface area contributed by atoms with Gasteiger partial charge in [-0.3, -0.25) is 14.3 Å². The summed E-state index contributed by atoms with van der Waals surface area (Å²) in [6.07, 6.45) is -0.443. The van der Waals surface area contributed by atoms with Crippen LogP contribution >= 0.6 is 0 Å². The molecule has 1 aliphatic rings. The van der Waals surface area contributed by atoms with E-state index in [4.69, 9.17) is 18.8 Å². The molecule has 1 saturated heterocycles. The van der Waals surface area contributed by atoms with Crippen molar-refractivity contribution in [2.24, 2.45) is 5.16 Å². The van der Waals surface area contributed by atoms with Crippen molar-refractivity contribution in [3.8, 4) is 0 Å². The molecule has 10 nitrogen and oxygen atoms in total. The van der Waals surface area contributed by atoms with E-state index in [-0.39, 0.29) is 23.1 Å². The summed E-state index contributed by atoms with van der Waals surface area (Å²) in [6, 6.07) is 1.22. The van der Waals surface area contributed by atoms with Gasteiger partial charge < -0.3 is 23.9 Å². The van der Waals surface area contributed by atoms with Crippen molar-refractivity contribution >= 4 is 22.8 Å². The number of aromatic nitrogens is 2. The molecule has 4 unspecified atom stereocenters. The van der Waals surface area contributed by atoms with E-state index in [0.717, 1.165) is 0 Å². The lowest BCUT2D eigenvalue weighted by Crippen LogP contribution is -2.57. The van der Waals surface area contributed by atoms with Crippen LogP contribution in [0.25, 0.3) is 0 Å². The maximum atomic E-state index is 12.7. The molecule has 1 aromatic heterocycles. The van der Waals surface area contributed by atoms with Crippen LogP contribution in [0.1, 0.15) is 54.2 Å². The first kappa shape index (κ1) is 29.7. The molecule has 0 radical (unpaired) electrons. The van der Waals surface area contributed by atoms with Gasteiger partial charge in [0.25, 0.3) is 5.56 Å². The van der Waals surface area contributed by atoms with E-state index in [9.17, 15) is 14.7 Å². The predicted molar refractivity (Wildman–Crippen MR) is 140 cm³/mol. The Labute approximate surface area is 209 Å². The molecule has 35 heavy (non-hydrogen) atoms. The monoisotopic (exact) mass is 529 g/mol. The Balaban J connectivity index is 2.61. The molecule has 0 saturated carbocycles. The van der Waals surface area contributed by atoms with Gasteiger partial charge in [-0.15, -0.1) is 5.16 Å². The van der Waals surface area contributed by atoms with Crippen LogP contribution in [-0.4, -0.2) is 67.1 Å². The lowest BCUT2D eigenvalue weighted by atomic mass is 9.89. The first-order chi connectivity index (χ1) is 15.8. The molecule has 4 atom stereocenters. The lowest BCUT2D eigenvalue weighted by Gasteiger charge is -2.43. The summed E-state index contributed by atoms with van der Waals surface area (Å²) < 4.78 is 20.6. The normalized spacial score (nSPS) is 26.5. The zero-order valence-electron chi connectivity index (χ0n) is 22.7. The maximum Gasteiger partial charge on any atom is 0.330 e. The van der Waals surface area contributed by atoms with Gasteiger partial charge in [-0.05, 0) is 36.3 Å². The smallest absolute Gasteiger partial charge is 0.330 e. The molecule has 0 aromatic carbocycles. The molecule has 1 fully saturated rings. The Morgan fingerprint density at radius 1 is 1.14 bits per heavy atom. The van der Waals surface area contributed by atoms with Crippen LogP contribution in [0.15, 0.2) is 27.0 Å². The zero-order chi connectivity index (χ0) is 27.0. The van der Waals surface area contributed by atoms with E-state index >= 15 is 0 Å². The van der Waals surface area contributed by atoms with E-state index in [1.807, 2.05) is 13.1 Å². The van der Waals surface area contributed by atoms with Crippen molar-refractivity contribution in [3.05, 3.63) is 33.1 Å². The highest BCUT2D eigenvalue weighted by molar-refractivity contribution is 6.74. The second-order valence-electron chi connectivity index (χ2n) is 12.4. The number of nitrogens with zero attached hydrogens (tertiary/aromatic N) is 2. The van der Waals surface area contributed by atoms with Gasteiger partial charge in [-0.25, -0.2) is 4.79 Å². The topological polar surface area (TPSA) is 135 Å². The number of nitrogens with one attached hydrogen (secondary N) is 1. The molecule has 0 amide bonds. The molecular formula is C23H43N3O7Si2. The molecule has 12 heteroatoms. The van der Waals surface area contributed by atoms with Gasteiger partial charge in [0.05, 0.1) is 6.61 Å². The molecular weight excluding hydrogens is 486 g/mol. The second kappa shape index (κ2) is 10.1. The Hall–Kier alpha value is -1.58. The Morgan fingerprint density at radius 2 is 1.71 bits per heavy atom. The number of H-pyrrole nitrogens is 1. The molecule has 0 bridgehead atoms. The molecule has 2 rings (SSSR count). The third-order valence-corrected chi connectivity index (χ3v) is 16.8. The van der Waals surface area contributed by atoms with Crippen LogP contribution < -0.4 is 11.2 Å². The van der Waals surface area contributed by atoms with E-state index < -0.39 is 51.9 Å². The second-order valence-corrected chi connectivity index (χ2v) is 22.0. The minimum Gasteiger partial charge on any atom is -0.414 e. The van der Waals surface area contributed by atoms with Crippen LogP contribution in [0, 0.1) is 0 Å². The number of aliphatic hydroxyl groups is 1. The van der Waals surface area contributed by atoms with Crippen molar-refractivity contribution in [1.82, 2.24) is 9.55 Å². The summed E-state index contributed by atoms with van der Waals surface area (Å²) in [6.45, 7) is 20.9. The summed E-state index contributed by atoms with van der Waals surface area (Å²) in [5, 5.41) is 24.1. The highest BCUT2D eigenvalue weighted by atomic mass is 28.4. The minimum absolute atomic E-state index is 0.0669. The molecule has 2 heterocycles. The average molecular weight is 530 g/mol. The summed E-state index contributed by atoms with van der Waals surface area (Å²) in [5.74, 6) is 0. The standard InChI is InChI=1S/C23H43N3O7Si2/c1-21(2,3)34(7,8)31-15-16-23(29,12-13-24-30)18(33-35(9,10)22(4,5)6)19(32-16)26-14-11-17(27)25-20(26)28/h11,13-14,16,18-19,29-30H,12,15H2,1-10H3,(H,25,27,28). The largest absolute Gasteiger partial charge is 0.414 e. The van der Waals surface area contributed by atoms with Crippen LogP contribution in [0.3, 0.4) is 0 Å². The minimum atomic E-state index is -2.49. The van der Waals surface area contributed by atoms with Gasteiger partial charge in [0.1, 0.15) is 17.8 Å². The zero-order valence-corrected chi connectivity index (χ0v) is 24.7. The van der Waals surface area contributed by atoms with Crippen LogP contribution in [-0.2, 0) is 13.6 Å². The highest BCUT2D eigenvalue weighted by Crippen LogP contribution is 2.47. The van der Waals surface area contributed by atoms with E-state index in [1.165, 1.54) is 23.0 Å². The van der Waals surface area contributed by atoms with E-state index in [0.29, 0.717) is 0 Å². The van der Waals surface area contributed by atoms with Gasteiger partial charge in [-0.2, -0.15) is 0 Å². The number of hydrogen-bond acceptors (Lipinski definition) is 8. The summed E-state index contributed by atoms with van der Waals surface area (Å²) in [4.78, 5) is 26.7. The third kappa shape index (κ3) is 6.23. The molecule has 0 spiro atoms.